The predicted octanol–water partition coefficient (Wildman–Crippen LogP) is 2.34. The predicted molar refractivity (Wildman–Crippen MR) is 51.9 cm³/mol. The molecular formula is C11H18N2. The quantitative estimate of drug-likeness (QED) is 0.619. The normalized spacial score (nSPS) is 30.2. The van der Waals surface area contributed by atoms with Gasteiger partial charge in [-0.1, -0.05) is 12.8 Å². The second-order valence-electron chi connectivity index (χ2n) is 4.98. The Hall–Kier alpha value is -0.550. The summed E-state index contributed by atoms with van der Waals surface area (Å²) in [5.74, 6) is 0. The molecule has 0 aromatic rings. The van der Waals surface area contributed by atoms with E-state index in [2.05, 4.69) is 6.07 Å². The van der Waals surface area contributed by atoms with Gasteiger partial charge in [0, 0.05) is 0 Å². The molecule has 2 aliphatic carbocycles. The molecular weight excluding hydrogens is 160 g/mol. The van der Waals surface area contributed by atoms with Gasteiger partial charge in [-0.15, -0.1) is 0 Å². The molecule has 0 unspecified atom stereocenters. The average molecular weight is 178 g/mol. The molecule has 1 spiro atoms. The number of rotatable bonds is 0. The fraction of sp³-hybridized carbons (Fsp3) is 0.909. The van der Waals surface area contributed by atoms with Crippen molar-refractivity contribution in [2.75, 3.05) is 0 Å². The van der Waals surface area contributed by atoms with Crippen molar-refractivity contribution in [2.24, 2.45) is 11.1 Å². The number of nitrogens with two attached hydrogens (primary N) is 1. The van der Waals surface area contributed by atoms with Gasteiger partial charge in [0.05, 0.1) is 6.07 Å². The van der Waals surface area contributed by atoms with Crippen molar-refractivity contribution in [1.82, 2.24) is 0 Å². The zero-order chi connectivity index (χ0) is 9.36. The lowest BCUT2D eigenvalue weighted by Gasteiger charge is -2.39. The fourth-order valence-electron chi connectivity index (χ4n) is 2.96. The molecule has 72 valence electrons. The van der Waals surface area contributed by atoms with Crippen LogP contribution in [0.5, 0.6) is 0 Å². The summed E-state index contributed by atoms with van der Waals surface area (Å²) in [5.41, 5.74) is 6.05. The molecule has 0 heterocycles. The third kappa shape index (κ3) is 1.58. The highest BCUT2D eigenvalue weighted by Crippen LogP contribution is 2.50. The highest BCUT2D eigenvalue weighted by Gasteiger charge is 2.42. The monoisotopic (exact) mass is 178 g/mol. The maximum Gasteiger partial charge on any atom is 0.104 e. The van der Waals surface area contributed by atoms with E-state index in [1.807, 2.05) is 0 Å². The van der Waals surface area contributed by atoms with Gasteiger partial charge in [0.2, 0.25) is 0 Å². The van der Waals surface area contributed by atoms with Gasteiger partial charge in [0.25, 0.3) is 0 Å². The lowest BCUT2D eigenvalue weighted by Crippen LogP contribution is -2.44. The van der Waals surface area contributed by atoms with Gasteiger partial charge in [0.15, 0.2) is 0 Å². The number of hydrogen-bond acceptors (Lipinski definition) is 2. The van der Waals surface area contributed by atoms with Crippen molar-refractivity contribution in [3.05, 3.63) is 0 Å². The summed E-state index contributed by atoms with van der Waals surface area (Å²) in [6.45, 7) is 0. The van der Waals surface area contributed by atoms with Crippen LogP contribution >= 0.6 is 0 Å². The van der Waals surface area contributed by atoms with E-state index in [-0.39, 0.29) is 0 Å². The van der Waals surface area contributed by atoms with Gasteiger partial charge in [-0.05, 0) is 43.9 Å². The zero-order valence-corrected chi connectivity index (χ0v) is 8.18. The van der Waals surface area contributed by atoms with E-state index in [1.165, 1.54) is 38.5 Å². The van der Waals surface area contributed by atoms with Crippen molar-refractivity contribution in [3.63, 3.8) is 0 Å². The lowest BCUT2D eigenvalue weighted by molar-refractivity contribution is 0.159. The van der Waals surface area contributed by atoms with Crippen LogP contribution in [0.1, 0.15) is 51.4 Å². The first kappa shape index (κ1) is 9.02. The zero-order valence-electron chi connectivity index (χ0n) is 8.18. The first-order chi connectivity index (χ1) is 6.18. The Morgan fingerprint density at radius 2 is 1.46 bits per heavy atom. The van der Waals surface area contributed by atoms with Crippen LogP contribution in [0.2, 0.25) is 0 Å². The molecule has 2 aliphatic rings. The molecule has 0 aliphatic heterocycles. The molecule has 0 aromatic carbocycles. The molecule has 0 saturated heterocycles. The SMILES string of the molecule is N#CC1(N)CCC2(CCCC2)CC1. The van der Waals surface area contributed by atoms with E-state index in [0.717, 1.165) is 12.8 Å². The van der Waals surface area contributed by atoms with Gasteiger partial charge in [-0.2, -0.15) is 5.26 Å². The minimum atomic E-state index is -0.492. The Bertz CT molecular complexity index is 223. The summed E-state index contributed by atoms with van der Waals surface area (Å²) in [6, 6.07) is 2.26. The Kier molecular flexibility index (Phi) is 2.08. The number of nitrogens with zero attached hydrogens (tertiary/aromatic N) is 1. The van der Waals surface area contributed by atoms with Crippen molar-refractivity contribution in [3.8, 4) is 6.07 Å². The third-order valence-electron chi connectivity index (χ3n) is 4.09. The average Bonchev–Trinajstić information content (AvgIpc) is 2.61. The number of hydrogen-bond donors (Lipinski definition) is 1. The molecule has 0 radical (unpaired) electrons. The molecule has 0 amide bonds. The molecule has 13 heavy (non-hydrogen) atoms. The molecule has 2 fully saturated rings. The summed E-state index contributed by atoms with van der Waals surface area (Å²) < 4.78 is 0. The molecule has 2 nitrogen and oxygen atoms in total. The van der Waals surface area contributed by atoms with E-state index in [1.54, 1.807) is 0 Å². The van der Waals surface area contributed by atoms with Crippen LogP contribution in [0, 0.1) is 16.7 Å². The number of nitriles is 1. The summed E-state index contributed by atoms with van der Waals surface area (Å²) in [4.78, 5) is 0. The minimum absolute atomic E-state index is 0.492. The summed E-state index contributed by atoms with van der Waals surface area (Å²) in [5, 5.41) is 8.91. The molecule has 2 heteroatoms. The lowest BCUT2D eigenvalue weighted by atomic mass is 9.67. The smallest absolute Gasteiger partial charge is 0.104 e. The topological polar surface area (TPSA) is 49.8 Å². The van der Waals surface area contributed by atoms with Gasteiger partial charge in [-0.3, -0.25) is 0 Å². The Morgan fingerprint density at radius 3 is 1.92 bits per heavy atom. The van der Waals surface area contributed by atoms with Gasteiger partial charge in [-0.25, -0.2) is 0 Å². The molecule has 2 saturated carbocycles. The molecule has 2 rings (SSSR count). The summed E-state index contributed by atoms with van der Waals surface area (Å²) in [6.07, 6.45) is 9.78. The Balaban J connectivity index is 2.00. The largest absolute Gasteiger partial charge is 0.313 e. The maximum atomic E-state index is 8.91. The van der Waals surface area contributed by atoms with Crippen molar-refractivity contribution >= 4 is 0 Å². The Labute approximate surface area is 80.1 Å². The third-order valence-corrected chi connectivity index (χ3v) is 4.09. The molecule has 2 N–H and O–H groups in total. The first-order valence-corrected chi connectivity index (χ1v) is 5.38. The standard InChI is InChI=1S/C11H18N2/c12-9-11(13)7-5-10(6-8-11)3-1-2-4-10/h1-8,13H2. The van der Waals surface area contributed by atoms with Crippen LogP contribution in [0.25, 0.3) is 0 Å². The van der Waals surface area contributed by atoms with Gasteiger partial charge in [0.1, 0.15) is 5.54 Å². The maximum absolute atomic E-state index is 8.91. The minimum Gasteiger partial charge on any atom is -0.313 e. The van der Waals surface area contributed by atoms with E-state index < -0.39 is 5.54 Å². The van der Waals surface area contributed by atoms with E-state index >= 15 is 0 Å². The van der Waals surface area contributed by atoms with Crippen LogP contribution in [0.15, 0.2) is 0 Å². The van der Waals surface area contributed by atoms with E-state index in [9.17, 15) is 0 Å². The van der Waals surface area contributed by atoms with Crippen LogP contribution in [-0.4, -0.2) is 5.54 Å². The van der Waals surface area contributed by atoms with Gasteiger partial charge < -0.3 is 5.73 Å². The van der Waals surface area contributed by atoms with Crippen LogP contribution in [0.3, 0.4) is 0 Å². The molecule has 0 aromatic heterocycles. The van der Waals surface area contributed by atoms with Crippen LogP contribution in [-0.2, 0) is 0 Å². The first-order valence-electron chi connectivity index (χ1n) is 5.38. The summed E-state index contributed by atoms with van der Waals surface area (Å²) in [7, 11) is 0. The fourth-order valence-corrected chi connectivity index (χ4v) is 2.96. The van der Waals surface area contributed by atoms with Crippen LogP contribution < -0.4 is 5.73 Å². The molecule has 0 atom stereocenters. The van der Waals surface area contributed by atoms with E-state index in [4.69, 9.17) is 11.0 Å². The van der Waals surface area contributed by atoms with Crippen LogP contribution in [0.4, 0.5) is 0 Å². The summed E-state index contributed by atoms with van der Waals surface area (Å²) >= 11 is 0. The van der Waals surface area contributed by atoms with Gasteiger partial charge >= 0.3 is 0 Å². The van der Waals surface area contributed by atoms with Crippen molar-refractivity contribution in [1.29, 1.82) is 5.26 Å². The second-order valence-corrected chi connectivity index (χ2v) is 4.98. The highest BCUT2D eigenvalue weighted by molar-refractivity contribution is 5.09. The molecule has 0 bridgehead atoms. The van der Waals surface area contributed by atoms with Crippen molar-refractivity contribution in [2.45, 2.75) is 56.9 Å². The highest BCUT2D eigenvalue weighted by atomic mass is 14.8. The van der Waals surface area contributed by atoms with E-state index in [0.29, 0.717) is 5.41 Å². The Morgan fingerprint density at radius 1 is 0.923 bits per heavy atom. The van der Waals surface area contributed by atoms with Crippen molar-refractivity contribution < 1.29 is 0 Å². The second kappa shape index (κ2) is 2.99.